The molecule has 0 aromatic heterocycles. The molecule has 27 heavy (non-hydrogen) atoms. The van der Waals surface area contributed by atoms with E-state index in [0.29, 0.717) is 30.9 Å². The van der Waals surface area contributed by atoms with Crippen LogP contribution in [-0.2, 0) is 11.3 Å². The van der Waals surface area contributed by atoms with Gasteiger partial charge in [0.1, 0.15) is 11.5 Å². The first kappa shape index (κ1) is 19.0. The summed E-state index contributed by atoms with van der Waals surface area (Å²) < 4.78 is 18.8. The number of carbonyl (C=O) groups is 1. The molecule has 0 spiro atoms. The average Bonchev–Trinajstić information content (AvgIpc) is 2.67. The van der Waals surface area contributed by atoms with E-state index in [2.05, 4.69) is 0 Å². The summed E-state index contributed by atoms with van der Waals surface area (Å²) in [6, 6.07) is 10.8. The number of anilines is 1. The number of ketones is 1. The van der Waals surface area contributed by atoms with Crippen LogP contribution in [0.2, 0.25) is 0 Å². The molecule has 0 unspecified atom stereocenters. The molecule has 6 nitrogen and oxygen atoms in total. The number of nitro benzene ring substituents is 1. The van der Waals surface area contributed by atoms with E-state index in [1.165, 1.54) is 25.1 Å². The molecule has 1 aliphatic rings. The van der Waals surface area contributed by atoms with Gasteiger partial charge in [-0.2, -0.15) is 0 Å². The van der Waals surface area contributed by atoms with Gasteiger partial charge in [0.2, 0.25) is 0 Å². The number of piperidine rings is 1. The number of carbonyl (C=O) groups excluding carboxylic acids is 1. The highest BCUT2D eigenvalue weighted by Crippen LogP contribution is 2.32. The number of ether oxygens (including phenoxy) is 1. The Balaban J connectivity index is 1.61. The molecule has 142 valence electrons. The van der Waals surface area contributed by atoms with Gasteiger partial charge in [0.25, 0.3) is 5.69 Å². The van der Waals surface area contributed by atoms with E-state index >= 15 is 0 Å². The van der Waals surface area contributed by atoms with Crippen LogP contribution in [0.4, 0.5) is 15.8 Å². The lowest BCUT2D eigenvalue weighted by atomic mass is 10.0. The summed E-state index contributed by atoms with van der Waals surface area (Å²) in [7, 11) is 0. The molecule has 7 heteroatoms. The third kappa shape index (κ3) is 4.68. The van der Waals surface area contributed by atoms with Crippen molar-refractivity contribution in [1.82, 2.24) is 0 Å². The minimum atomic E-state index is -0.446. The SMILES string of the molecule is CC(=O)c1ccc(N2CCC(OCc3ccc(F)cc3)CC2)c([N+](=O)[O-])c1. The fourth-order valence-electron chi connectivity index (χ4n) is 3.21. The Labute approximate surface area is 156 Å². The second-order valence-corrected chi connectivity index (χ2v) is 6.64. The molecular formula is C20H21FN2O4. The van der Waals surface area contributed by atoms with E-state index in [0.717, 1.165) is 18.4 Å². The molecule has 0 bridgehead atoms. The van der Waals surface area contributed by atoms with Crippen molar-refractivity contribution in [2.75, 3.05) is 18.0 Å². The van der Waals surface area contributed by atoms with Crippen LogP contribution >= 0.6 is 0 Å². The lowest BCUT2D eigenvalue weighted by Gasteiger charge is -2.33. The van der Waals surface area contributed by atoms with E-state index in [-0.39, 0.29) is 23.4 Å². The van der Waals surface area contributed by atoms with Gasteiger partial charge >= 0.3 is 0 Å². The average molecular weight is 372 g/mol. The molecule has 1 heterocycles. The van der Waals surface area contributed by atoms with Gasteiger partial charge in [-0.1, -0.05) is 12.1 Å². The fraction of sp³-hybridized carbons (Fsp3) is 0.350. The number of benzene rings is 2. The van der Waals surface area contributed by atoms with Gasteiger partial charge in [-0.05, 0) is 49.6 Å². The minimum Gasteiger partial charge on any atom is -0.373 e. The van der Waals surface area contributed by atoms with Gasteiger partial charge in [-0.15, -0.1) is 0 Å². The van der Waals surface area contributed by atoms with Gasteiger partial charge in [-0.25, -0.2) is 4.39 Å². The Hall–Kier alpha value is -2.80. The van der Waals surface area contributed by atoms with Crippen molar-refractivity contribution in [3.8, 4) is 0 Å². The van der Waals surface area contributed by atoms with E-state index in [4.69, 9.17) is 4.74 Å². The first-order chi connectivity index (χ1) is 12.9. The van der Waals surface area contributed by atoms with Crippen LogP contribution in [0.1, 0.15) is 35.7 Å². The Bertz CT molecular complexity index is 830. The summed E-state index contributed by atoms with van der Waals surface area (Å²) in [5, 5.41) is 11.4. The Morgan fingerprint density at radius 2 is 1.89 bits per heavy atom. The van der Waals surface area contributed by atoms with Crippen molar-refractivity contribution < 1.29 is 18.8 Å². The summed E-state index contributed by atoms with van der Waals surface area (Å²) in [6.45, 7) is 3.07. The maximum Gasteiger partial charge on any atom is 0.293 e. The molecule has 0 N–H and O–H groups in total. The Morgan fingerprint density at radius 3 is 2.48 bits per heavy atom. The molecule has 0 atom stereocenters. The van der Waals surface area contributed by atoms with Crippen molar-refractivity contribution in [3.63, 3.8) is 0 Å². The number of nitro groups is 1. The molecule has 1 aliphatic heterocycles. The van der Waals surface area contributed by atoms with E-state index in [1.807, 2.05) is 4.90 Å². The van der Waals surface area contributed by atoms with Crippen molar-refractivity contribution in [2.45, 2.75) is 32.5 Å². The van der Waals surface area contributed by atoms with E-state index in [9.17, 15) is 19.3 Å². The summed E-state index contributed by atoms with van der Waals surface area (Å²) >= 11 is 0. The van der Waals surface area contributed by atoms with Crippen LogP contribution in [0.25, 0.3) is 0 Å². The summed E-state index contributed by atoms with van der Waals surface area (Å²) in [6.07, 6.45) is 1.54. The second-order valence-electron chi connectivity index (χ2n) is 6.64. The van der Waals surface area contributed by atoms with Crippen LogP contribution in [0.3, 0.4) is 0 Å². The second kappa shape index (κ2) is 8.26. The first-order valence-electron chi connectivity index (χ1n) is 8.84. The van der Waals surface area contributed by atoms with Crippen LogP contribution in [0.5, 0.6) is 0 Å². The smallest absolute Gasteiger partial charge is 0.293 e. The molecule has 0 radical (unpaired) electrons. The zero-order valence-electron chi connectivity index (χ0n) is 15.1. The Kier molecular flexibility index (Phi) is 5.81. The molecular weight excluding hydrogens is 351 g/mol. The van der Waals surface area contributed by atoms with Gasteiger partial charge in [0.05, 0.1) is 17.6 Å². The third-order valence-corrected chi connectivity index (χ3v) is 4.76. The monoisotopic (exact) mass is 372 g/mol. The van der Waals surface area contributed by atoms with Crippen molar-refractivity contribution in [3.05, 3.63) is 69.5 Å². The zero-order chi connectivity index (χ0) is 19.4. The van der Waals surface area contributed by atoms with Crippen LogP contribution in [0.15, 0.2) is 42.5 Å². The Morgan fingerprint density at radius 1 is 1.22 bits per heavy atom. The lowest BCUT2D eigenvalue weighted by Crippen LogP contribution is -2.37. The maximum atomic E-state index is 12.9. The molecule has 1 fully saturated rings. The third-order valence-electron chi connectivity index (χ3n) is 4.76. The molecule has 2 aromatic rings. The highest BCUT2D eigenvalue weighted by atomic mass is 19.1. The molecule has 3 rings (SSSR count). The fourth-order valence-corrected chi connectivity index (χ4v) is 3.21. The standard InChI is InChI=1S/C20H21FN2O4/c1-14(24)16-4-7-19(20(12-16)23(25)26)22-10-8-18(9-11-22)27-13-15-2-5-17(21)6-3-15/h2-7,12,18H,8-11,13H2,1H3. The highest BCUT2D eigenvalue weighted by Gasteiger charge is 2.26. The molecule has 2 aromatic carbocycles. The van der Waals surface area contributed by atoms with Crippen LogP contribution < -0.4 is 4.90 Å². The largest absolute Gasteiger partial charge is 0.373 e. The predicted octanol–water partition coefficient (Wildman–Crippen LogP) is 4.12. The van der Waals surface area contributed by atoms with Crippen molar-refractivity contribution >= 4 is 17.2 Å². The number of rotatable bonds is 6. The van der Waals surface area contributed by atoms with Crippen LogP contribution in [0, 0.1) is 15.9 Å². The van der Waals surface area contributed by atoms with Gasteiger partial charge in [-0.3, -0.25) is 14.9 Å². The number of Topliss-reactive ketones (excluding diaryl/α,β-unsaturated/α-hetero) is 1. The maximum absolute atomic E-state index is 12.9. The minimum absolute atomic E-state index is 0.0478. The van der Waals surface area contributed by atoms with Crippen LogP contribution in [-0.4, -0.2) is 29.9 Å². The molecule has 0 saturated carbocycles. The highest BCUT2D eigenvalue weighted by molar-refractivity contribution is 5.95. The number of hydrogen-bond donors (Lipinski definition) is 0. The summed E-state index contributed by atoms with van der Waals surface area (Å²) in [4.78, 5) is 24.4. The number of nitrogens with zero attached hydrogens (tertiary/aromatic N) is 2. The topological polar surface area (TPSA) is 72.7 Å². The zero-order valence-corrected chi connectivity index (χ0v) is 15.1. The van der Waals surface area contributed by atoms with E-state index < -0.39 is 4.92 Å². The molecule has 1 saturated heterocycles. The lowest BCUT2D eigenvalue weighted by molar-refractivity contribution is -0.384. The van der Waals surface area contributed by atoms with Gasteiger partial charge < -0.3 is 9.64 Å². The van der Waals surface area contributed by atoms with E-state index in [1.54, 1.807) is 24.3 Å². The van der Waals surface area contributed by atoms with Crippen molar-refractivity contribution in [2.24, 2.45) is 0 Å². The number of halogens is 1. The van der Waals surface area contributed by atoms with Gasteiger partial charge in [0, 0.05) is 24.7 Å². The quantitative estimate of drug-likeness (QED) is 0.433. The number of hydrogen-bond acceptors (Lipinski definition) is 5. The predicted molar refractivity (Wildman–Crippen MR) is 99.5 cm³/mol. The molecule has 0 aliphatic carbocycles. The normalized spacial score (nSPS) is 15.0. The molecule has 0 amide bonds. The summed E-state index contributed by atoms with van der Waals surface area (Å²) in [5.74, 6) is -0.470. The van der Waals surface area contributed by atoms with Crippen molar-refractivity contribution in [1.29, 1.82) is 0 Å². The van der Waals surface area contributed by atoms with Gasteiger partial charge in [0.15, 0.2) is 5.78 Å². The summed E-state index contributed by atoms with van der Waals surface area (Å²) in [5.41, 5.74) is 1.73. The first-order valence-corrected chi connectivity index (χ1v) is 8.84.